The van der Waals surface area contributed by atoms with Crippen molar-refractivity contribution < 1.29 is 0 Å². The van der Waals surface area contributed by atoms with Gasteiger partial charge in [-0.25, -0.2) is 9.98 Å². The first-order valence-electron chi connectivity index (χ1n) is 16.6. The first kappa shape index (κ1) is 31.4. The Morgan fingerprint density at radius 3 is 1.96 bits per heavy atom. The number of allylic oxidation sites excluding steroid dienone is 6. The van der Waals surface area contributed by atoms with Gasteiger partial charge >= 0.3 is 0 Å². The number of rotatable bonds is 9. The summed E-state index contributed by atoms with van der Waals surface area (Å²) < 4.78 is 0. The lowest BCUT2D eigenvalue weighted by Crippen LogP contribution is -2.37. The van der Waals surface area contributed by atoms with Crippen LogP contribution in [0.5, 0.6) is 0 Å². The Balaban J connectivity index is 1.28. The molecule has 0 amide bonds. The molecule has 238 valence electrons. The molecule has 2 atom stereocenters. The third-order valence-electron chi connectivity index (χ3n) is 8.77. The summed E-state index contributed by atoms with van der Waals surface area (Å²) in [6, 6.07) is 39.7. The van der Waals surface area contributed by atoms with Gasteiger partial charge in [-0.2, -0.15) is 0 Å². The van der Waals surface area contributed by atoms with Gasteiger partial charge in [-0.05, 0) is 71.5 Å². The van der Waals surface area contributed by atoms with Gasteiger partial charge in [0, 0.05) is 35.0 Å². The van der Waals surface area contributed by atoms with E-state index in [9.17, 15) is 0 Å². The van der Waals surface area contributed by atoms with Crippen molar-refractivity contribution in [2.45, 2.75) is 25.4 Å². The number of amidine groups is 2. The Bertz CT molecular complexity index is 2100. The Hall–Kier alpha value is -6.20. The molecule has 2 aliphatic rings. The van der Waals surface area contributed by atoms with Crippen LogP contribution in [-0.2, 0) is 0 Å². The average Bonchev–Trinajstić information content (AvgIpc) is 3.19. The van der Waals surface area contributed by atoms with E-state index in [0.717, 1.165) is 68.5 Å². The molecule has 0 bridgehead atoms. The molecule has 0 saturated heterocycles. The fraction of sp³-hybridized carbons (Fsp3) is 0.0909. The van der Waals surface area contributed by atoms with Crippen LogP contribution in [0.25, 0.3) is 28.1 Å². The van der Waals surface area contributed by atoms with Crippen LogP contribution in [0.4, 0.5) is 0 Å². The van der Waals surface area contributed by atoms with Crippen molar-refractivity contribution >= 4 is 17.2 Å². The van der Waals surface area contributed by atoms with Crippen molar-refractivity contribution in [1.29, 1.82) is 0 Å². The van der Waals surface area contributed by atoms with Gasteiger partial charge < -0.3 is 5.32 Å². The van der Waals surface area contributed by atoms with Gasteiger partial charge in [0.25, 0.3) is 0 Å². The van der Waals surface area contributed by atoms with E-state index in [1.54, 1.807) is 6.08 Å². The lowest BCUT2D eigenvalue weighted by molar-refractivity contribution is 0.747. The van der Waals surface area contributed by atoms with Gasteiger partial charge in [0.2, 0.25) is 0 Å². The van der Waals surface area contributed by atoms with Gasteiger partial charge in [-0.3, -0.25) is 9.97 Å². The fourth-order valence-electron chi connectivity index (χ4n) is 6.19. The molecular formula is C44H37N5. The fourth-order valence-corrected chi connectivity index (χ4v) is 6.19. The Morgan fingerprint density at radius 2 is 1.35 bits per heavy atom. The molecule has 0 radical (unpaired) electrons. The number of pyridine rings is 2. The lowest BCUT2D eigenvalue weighted by atomic mass is 9.82. The second-order valence-corrected chi connectivity index (χ2v) is 11.9. The lowest BCUT2D eigenvalue weighted by Gasteiger charge is -2.28. The maximum absolute atomic E-state index is 5.22. The topological polar surface area (TPSA) is 62.5 Å². The summed E-state index contributed by atoms with van der Waals surface area (Å²) >= 11 is 0. The minimum absolute atomic E-state index is 0.132. The quantitative estimate of drug-likeness (QED) is 0.164. The minimum Gasteiger partial charge on any atom is -0.325 e. The molecule has 0 saturated carbocycles. The summed E-state index contributed by atoms with van der Waals surface area (Å²) in [4.78, 5) is 19.4. The molecule has 3 heterocycles. The summed E-state index contributed by atoms with van der Waals surface area (Å²) in [7, 11) is 0. The van der Waals surface area contributed by atoms with E-state index in [1.807, 2.05) is 86.1 Å². The standard InChI is InChI=1S/C44H37N5/c1-3-5-13-31(4-2)42-47-43(36-14-7-6-8-15-36)49-44(48-42)39-29-37(32-18-22-34(23-19-32)40-16-9-11-26-45-40)28-38(30-39)33-20-24-35(25-21-33)41-17-10-12-27-46-41/h3-29,38,43H,1,30H2,2H3,(H,47,48,49)/b13-5-,31-4+. The maximum Gasteiger partial charge on any atom is 0.169 e. The predicted octanol–water partition coefficient (Wildman–Crippen LogP) is 10.1. The predicted molar refractivity (Wildman–Crippen MR) is 203 cm³/mol. The molecule has 5 nitrogen and oxygen atoms in total. The molecule has 1 N–H and O–H groups in total. The van der Waals surface area contributed by atoms with Crippen LogP contribution in [0, 0.1) is 0 Å². The summed E-state index contributed by atoms with van der Waals surface area (Å²) in [5.41, 5.74) is 10.8. The first-order valence-corrected chi connectivity index (χ1v) is 16.6. The van der Waals surface area contributed by atoms with E-state index in [1.165, 1.54) is 5.56 Å². The molecule has 7 rings (SSSR count). The van der Waals surface area contributed by atoms with Crippen molar-refractivity contribution in [3.63, 3.8) is 0 Å². The van der Waals surface area contributed by atoms with Gasteiger partial charge in [0.1, 0.15) is 11.7 Å². The van der Waals surface area contributed by atoms with Crippen molar-refractivity contribution in [2.24, 2.45) is 9.98 Å². The Labute approximate surface area is 288 Å². The number of hydrogen-bond acceptors (Lipinski definition) is 5. The highest BCUT2D eigenvalue weighted by Crippen LogP contribution is 2.37. The van der Waals surface area contributed by atoms with E-state index in [2.05, 4.69) is 101 Å². The Morgan fingerprint density at radius 1 is 0.714 bits per heavy atom. The number of aliphatic imine (C=N–C) groups is 2. The van der Waals surface area contributed by atoms with Crippen molar-refractivity contribution in [3.8, 4) is 22.5 Å². The normalized spacial score (nSPS) is 17.8. The second-order valence-electron chi connectivity index (χ2n) is 11.9. The molecule has 2 unspecified atom stereocenters. The van der Waals surface area contributed by atoms with Crippen molar-refractivity contribution in [2.75, 3.05) is 0 Å². The van der Waals surface area contributed by atoms with E-state index < -0.39 is 0 Å². The number of nitrogens with one attached hydrogen (secondary N) is 1. The monoisotopic (exact) mass is 635 g/mol. The van der Waals surface area contributed by atoms with E-state index in [0.29, 0.717) is 0 Å². The molecule has 5 aromatic rings. The van der Waals surface area contributed by atoms with E-state index in [4.69, 9.17) is 9.98 Å². The Kier molecular flexibility index (Phi) is 9.42. The third-order valence-corrected chi connectivity index (χ3v) is 8.77. The highest BCUT2D eigenvalue weighted by molar-refractivity contribution is 6.17. The minimum atomic E-state index is -0.372. The van der Waals surface area contributed by atoms with Gasteiger partial charge in [0.15, 0.2) is 6.17 Å². The molecule has 3 aromatic carbocycles. The van der Waals surface area contributed by atoms with E-state index >= 15 is 0 Å². The molecular weight excluding hydrogens is 599 g/mol. The van der Waals surface area contributed by atoms with Crippen LogP contribution in [0.1, 0.15) is 42.1 Å². The highest BCUT2D eigenvalue weighted by atomic mass is 15.2. The van der Waals surface area contributed by atoms with Crippen LogP contribution in [0.2, 0.25) is 0 Å². The molecule has 1 aliphatic heterocycles. The maximum atomic E-state index is 5.22. The number of benzene rings is 3. The number of hydrogen-bond donors (Lipinski definition) is 1. The van der Waals surface area contributed by atoms with Crippen molar-refractivity contribution in [3.05, 3.63) is 199 Å². The van der Waals surface area contributed by atoms with Crippen LogP contribution in [0.15, 0.2) is 192 Å². The zero-order valence-corrected chi connectivity index (χ0v) is 27.4. The summed E-state index contributed by atoms with van der Waals surface area (Å²) in [5, 5.41) is 3.62. The largest absolute Gasteiger partial charge is 0.325 e. The van der Waals surface area contributed by atoms with Crippen LogP contribution >= 0.6 is 0 Å². The van der Waals surface area contributed by atoms with Crippen LogP contribution in [0.3, 0.4) is 0 Å². The highest BCUT2D eigenvalue weighted by Gasteiger charge is 2.26. The molecule has 0 spiro atoms. The number of aromatic nitrogens is 2. The zero-order valence-electron chi connectivity index (χ0n) is 27.4. The third kappa shape index (κ3) is 7.21. The van der Waals surface area contributed by atoms with Crippen LogP contribution < -0.4 is 5.32 Å². The number of nitrogens with zero attached hydrogens (tertiary/aromatic N) is 4. The second kappa shape index (κ2) is 14.7. The van der Waals surface area contributed by atoms with Crippen molar-refractivity contribution in [1.82, 2.24) is 15.3 Å². The molecule has 49 heavy (non-hydrogen) atoms. The summed E-state index contributed by atoms with van der Waals surface area (Å²) in [6.07, 6.45) is 16.5. The SMILES string of the molecule is C=C/C=C\C(=C/C)C1=NC(c2ccccc2)N=C(C2=CC(c3ccc(-c4ccccn4)cc3)=CC(c3ccc(-c4ccccn4)cc3)C2)N1. The molecule has 1 aliphatic carbocycles. The molecule has 2 aromatic heterocycles. The summed E-state index contributed by atoms with van der Waals surface area (Å²) in [6.45, 7) is 5.89. The summed E-state index contributed by atoms with van der Waals surface area (Å²) in [5.74, 6) is 1.75. The van der Waals surface area contributed by atoms with Gasteiger partial charge in [-0.15, -0.1) is 0 Å². The van der Waals surface area contributed by atoms with Crippen LogP contribution in [-0.4, -0.2) is 21.6 Å². The van der Waals surface area contributed by atoms with Gasteiger partial charge in [-0.1, -0.05) is 128 Å². The average molecular weight is 636 g/mol. The van der Waals surface area contributed by atoms with Gasteiger partial charge in [0.05, 0.1) is 11.4 Å². The van der Waals surface area contributed by atoms with E-state index in [-0.39, 0.29) is 12.1 Å². The molecule has 5 heteroatoms. The smallest absolute Gasteiger partial charge is 0.169 e. The zero-order chi connectivity index (χ0) is 33.4. The first-order chi connectivity index (χ1) is 24.2. The molecule has 0 fully saturated rings.